The highest BCUT2D eigenvalue weighted by Gasteiger charge is 2.18. The molecule has 0 atom stereocenters. The Bertz CT molecular complexity index is 3900. The maximum Gasteiger partial charge on any atom is 0.143 e. The van der Waals surface area contributed by atoms with E-state index in [1.54, 1.807) is 0 Å². The zero-order chi connectivity index (χ0) is 44.3. The molecule has 11 aromatic carbocycles. The summed E-state index contributed by atoms with van der Waals surface area (Å²) in [5, 5.41) is 7.23. The molecule has 314 valence electrons. The van der Waals surface area contributed by atoms with Gasteiger partial charge in [-0.1, -0.05) is 188 Å². The van der Waals surface area contributed by atoms with Crippen LogP contribution in [0.15, 0.2) is 259 Å². The second-order valence-electron chi connectivity index (χ2n) is 17.3. The molecule has 0 saturated heterocycles. The van der Waals surface area contributed by atoms with Crippen LogP contribution in [0.5, 0.6) is 0 Å². The van der Waals surface area contributed by atoms with Gasteiger partial charge in [0.25, 0.3) is 0 Å². The van der Waals surface area contributed by atoms with E-state index in [1.165, 1.54) is 43.7 Å². The number of nitrogens with zero attached hydrogens (tertiary/aromatic N) is 2. The van der Waals surface area contributed by atoms with Crippen LogP contribution in [-0.4, -0.2) is 4.57 Å². The van der Waals surface area contributed by atoms with E-state index in [-0.39, 0.29) is 0 Å². The molecule has 13 rings (SSSR count). The van der Waals surface area contributed by atoms with Crippen molar-refractivity contribution in [3.63, 3.8) is 0 Å². The largest absolute Gasteiger partial charge is 0.455 e. The fourth-order valence-corrected chi connectivity index (χ4v) is 10.1. The van der Waals surface area contributed by atoms with Gasteiger partial charge in [-0.3, -0.25) is 0 Å². The lowest BCUT2D eigenvalue weighted by Gasteiger charge is -2.26. The van der Waals surface area contributed by atoms with Crippen LogP contribution in [0.2, 0.25) is 0 Å². The molecule has 2 aromatic heterocycles. The SMILES string of the molecule is c1ccc(-c2cccc3c2oc2c(-c4ccc(N(c5ccc(-c6cccc(-n7c8ccccc8c8ccccc87)c6)cc5)c5ccc(-c6ccc7ccccc7c6)cc5)cc4)cccc23)cc1. The highest BCUT2D eigenvalue weighted by atomic mass is 16.3. The minimum Gasteiger partial charge on any atom is -0.455 e. The predicted molar refractivity (Wildman–Crippen MR) is 282 cm³/mol. The summed E-state index contributed by atoms with van der Waals surface area (Å²) in [7, 11) is 0. The summed E-state index contributed by atoms with van der Waals surface area (Å²) in [6.07, 6.45) is 0. The summed E-state index contributed by atoms with van der Waals surface area (Å²) < 4.78 is 9.19. The van der Waals surface area contributed by atoms with Gasteiger partial charge in [-0.25, -0.2) is 0 Å². The van der Waals surface area contributed by atoms with Crippen molar-refractivity contribution >= 4 is 71.6 Å². The zero-order valence-electron chi connectivity index (χ0n) is 36.6. The van der Waals surface area contributed by atoms with Crippen LogP contribution in [0.3, 0.4) is 0 Å². The molecule has 0 amide bonds. The molecule has 0 aliphatic carbocycles. The molecule has 67 heavy (non-hydrogen) atoms. The van der Waals surface area contributed by atoms with Crippen molar-refractivity contribution in [1.82, 2.24) is 4.57 Å². The van der Waals surface area contributed by atoms with E-state index in [2.05, 4.69) is 264 Å². The summed E-state index contributed by atoms with van der Waals surface area (Å²) in [6.45, 7) is 0. The predicted octanol–water partition coefficient (Wildman–Crippen LogP) is 18.0. The average molecular weight is 855 g/mol. The lowest BCUT2D eigenvalue weighted by Crippen LogP contribution is -2.09. The highest BCUT2D eigenvalue weighted by Crippen LogP contribution is 2.42. The van der Waals surface area contributed by atoms with Gasteiger partial charge in [-0.15, -0.1) is 0 Å². The van der Waals surface area contributed by atoms with E-state index in [9.17, 15) is 0 Å². The van der Waals surface area contributed by atoms with E-state index in [0.717, 1.165) is 78.1 Å². The van der Waals surface area contributed by atoms with Crippen LogP contribution in [0.25, 0.3) is 105 Å². The molecule has 3 nitrogen and oxygen atoms in total. The van der Waals surface area contributed by atoms with Crippen LogP contribution in [0.1, 0.15) is 0 Å². The first kappa shape index (κ1) is 38.5. The first-order chi connectivity index (χ1) is 33.2. The van der Waals surface area contributed by atoms with Gasteiger partial charge in [-0.05, 0) is 111 Å². The summed E-state index contributed by atoms with van der Waals surface area (Å²) in [5.74, 6) is 0. The Morgan fingerprint density at radius 3 is 1.31 bits per heavy atom. The van der Waals surface area contributed by atoms with Crippen molar-refractivity contribution in [2.75, 3.05) is 4.90 Å². The number of anilines is 3. The smallest absolute Gasteiger partial charge is 0.143 e. The standard InChI is InChI=1S/C64H42N2O/c1-2-14-46(15-3-1)55-21-11-23-59-60-24-12-22-56(64(60)67-63(55)59)47-33-39-53(40-34-47)65(52-37-31-45(32-38-52)50-28-27-43-13-4-5-16-48(43)41-50)51-35-29-44(30-36-51)49-17-10-18-54(42-49)66-61-25-8-6-19-57(61)58-20-7-9-26-62(58)66/h1-42H. The summed E-state index contributed by atoms with van der Waals surface area (Å²) in [6, 6.07) is 91.7. The third-order valence-corrected chi connectivity index (χ3v) is 13.4. The van der Waals surface area contributed by atoms with Crippen molar-refractivity contribution in [3.8, 4) is 50.2 Å². The van der Waals surface area contributed by atoms with Crippen molar-refractivity contribution in [2.45, 2.75) is 0 Å². The van der Waals surface area contributed by atoms with Crippen molar-refractivity contribution in [3.05, 3.63) is 255 Å². The number of furan rings is 1. The molecule has 0 saturated carbocycles. The van der Waals surface area contributed by atoms with Gasteiger partial charge in [0.05, 0.1) is 11.0 Å². The molecule has 0 aliphatic heterocycles. The third kappa shape index (κ3) is 6.67. The molecular weight excluding hydrogens is 813 g/mol. The minimum absolute atomic E-state index is 0.896. The second kappa shape index (κ2) is 16.0. The first-order valence-electron chi connectivity index (χ1n) is 22.9. The number of rotatable bonds is 8. The normalized spacial score (nSPS) is 11.6. The van der Waals surface area contributed by atoms with E-state index in [4.69, 9.17) is 4.42 Å². The summed E-state index contributed by atoms with van der Waals surface area (Å²) in [4.78, 5) is 2.35. The topological polar surface area (TPSA) is 21.3 Å². The Morgan fingerprint density at radius 2 is 0.716 bits per heavy atom. The fraction of sp³-hybridized carbons (Fsp3) is 0. The maximum atomic E-state index is 6.81. The Morgan fingerprint density at radius 1 is 0.284 bits per heavy atom. The number of para-hydroxylation sites is 4. The molecule has 0 aliphatic rings. The Hall–Kier alpha value is -8.92. The average Bonchev–Trinajstić information content (AvgIpc) is 3.96. The number of aromatic nitrogens is 1. The van der Waals surface area contributed by atoms with Gasteiger partial charge in [0.15, 0.2) is 0 Å². The first-order valence-corrected chi connectivity index (χ1v) is 22.9. The van der Waals surface area contributed by atoms with Crippen LogP contribution in [0, 0.1) is 0 Å². The molecule has 13 aromatic rings. The molecule has 0 bridgehead atoms. The van der Waals surface area contributed by atoms with Crippen molar-refractivity contribution < 1.29 is 4.42 Å². The van der Waals surface area contributed by atoms with E-state index in [1.807, 2.05) is 0 Å². The van der Waals surface area contributed by atoms with Gasteiger partial charge in [0.2, 0.25) is 0 Å². The number of fused-ring (bicyclic) bond motifs is 7. The Balaban J connectivity index is 0.882. The van der Waals surface area contributed by atoms with Gasteiger partial charge in [-0.2, -0.15) is 0 Å². The van der Waals surface area contributed by atoms with E-state index < -0.39 is 0 Å². The zero-order valence-corrected chi connectivity index (χ0v) is 36.6. The van der Waals surface area contributed by atoms with E-state index >= 15 is 0 Å². The maximum absolute atomic E-state index is 6.81. The van der Waals surface area contributed by atoms with Gasteiger partial charge in [0.1, 0.15) is 11.2 Å². The van der Waals surface area contributed by atoms with Gasteiger partial charge in [0, 0.05) is 55.4 Å². The van der Waals surface area contributed by atoms with Crippen LogP contribution < -0.4 is 4.90 Å². The number of hydrogen-bond donors (Lipinski definition) is 0. The molecule has 0 unspecified atom stereocenters. The monoisotopic (exact) mass is 854 g/mol. The molecule has 0 spiro atoms. The van der Waals surface area contributed by atoms with Crippen molar-refractivity contribution in [1.29, 1.82) is 0 Å². The fourth-order valence-electron chi connectivity index (χ4n) is 10.1. The third-order valence-electron chi connectivity index (χ3n) is 13.4. The molecule has 2 heterocycles. The van der Waals surface area contributed by atoms with Crippen LogP contribution in [0.4, 0.5) is 17.1 Å². The van der Waals surface area contributed by atoms with Crippen LogP contribution >= 0.6 is 0 Å². The lowest BCUT2D eigenvalue weighted by atomic mass is 9.99. The minimum atomic E-state index is 0.896. The Labute approximate surface area is 388 Å². The summed E-state index contributed by atoms with van der Waals surface area (Å²) >= 11 is 0. The molecule has 3 heteroatoms. The van der Waals surface area contributed by atoms with Gasteiger partial charge < -0.3 is 13.9 Å². The highest BCUT2D eigenvalue weighted by molar-refractivity contribution is 6.13. The molecule has 0 N–H and O–H groups in total. The lowest BCUT2D eigenvalue weighted by molar-refractivity contribution is 0.671. The quantitative estimate of drug-likeness (QED) is 0.152. The summed E-state index contributed by atoms with van der Waals surface area (Å²) in [5.41, 5.74) is 17.7. The van der Waals surface area contributed by atoms with Crippen LogP contribution in [-0.2, 0) is 0 Å². The van der Waals surface area contributed by atoms with Crippen molar-refractivity contribution in [2.24, 2.45) is 0 Å². The van der Waals surface area contributed by atoms with E-state index in [0.29, 0.717) is 0 Å². The van der Waals surface area contributed by atoms with Gasteiger partial charge >= 0.3 is 0 Å². The molecule has 0 radical (unpaired) electrons. The number of benzene rings is 11. The second-order valence-corrected chi connectivity index (χ2v) is 17.3. The number of hydrogen-bond acceptors (Lipinski definition) is 2. The molecular formula is C64H42N2O. The Kier molecular flexibility index (Phi) is 9.17. The molecule has 0 fully saturated rings.